The Bertz CT molecular complexity index is 1090. The summed E-state index contributed by atoms with van der Waals surface area (Å²) in [6.07, 6.45) is 0. The summed E-state index contributed by atoms with van der Waals surface area (Å²) in [5.74, 6) is 1.72. The topological polar surface area (TPSA) is 81.4 Å². The lowest BCUT2D eigenvalue weighted by atomic mass is 10.2. The highest BCUT2D eigenvalue weighted by atomic mass is 32.2. The molecule has 0 aliphatic rings. The van der Waals surface area contributed by atoms with Crippen molar-refractivity contribution in [3.63, 3.8) is 0 Å². The average Bonchev–Trinajstić information content (AvgIpc) is 3.41. The second-order valence-electron chi connectivity index (χ2n) is 6.07. The number of benzene rings is 1. The fourth-order valence-corrected chi connectivity index (χ4v) is 4.01. The van der Waals surface area contributed by atoms with E-state index >= 15 is 0 Å². The van der Waals surface area contributed by atoms with Crippen molar-refractivity contribution >= 4 is 34.7 Å². The second-order valence-corrected chi connectivity index (χ2v) is 8.10. The lowest BCUT2D eigenvalue weighted by molar-refractivity contribution is -0.118. The molecule has 1 aromatic carbocycles. The molecule has 0 atom stereocenters. The van der Waals surface area contributed by atoms with E-state index in [9.17, 15) is 4.79 Å². The zero-order valence-corrected chi connectivity index (χ0v) is 17.4. The predicted octanol–water partition coefficient (Wildman–Crippen LogP) is 3.66. The monoisotopic (exact) mass is 425 g/mol. The Balaban J connectivity index is 1.44. The van der Waals surface area contributed by atoms with Crippen LogP contribution < -0.4 is 10.1 Å². The van der Waals surface area contributed by atoms with E-state index in [-0.39, 0.29) is 5.91 Å². The molecule has 3 aromatic heterocycles. The van der Waals surface area contributed by atoms with Gasteiger partial charge in [0.25, 0.3) is 0 Å². The smallest absolute Gasteiger partial charge is 0.230 e. The first kappa shape index (κ1) is 19.4. The van der Waals surface area contributed by atoms with E-state index in [0.29, 0.717) is 30.4 Å². The van der Waals surface area contributed by atoms with Crippen molar-refractivity contribution < 1.29 is 9.53 Å². The minimum absolute atomic E-state index is 0.0270. The molecular formula is C20H19N5O2S2. The average molecular weight is 426 g/mol. The quantitative estimate of drug-likeness (QED) is 0.434. The van der Waals surface area contributed by atoms with Crippen molar-refractivity contribution in [2.24, 2.45) is 0 Å². The third kappa shape index (κ3) is 4.75. The van der Waals surface area contributed by atoms with Crippen LogP contribution in [0.2, 0.25) is 0 Å². The zero-order chi connectivity index (χ0) is 20.1. The molecule has 0 spiro atoms. The minimum atomic E-state index is -0.0270. The highest BCUT2D eigenvalue weighted by Crippen LogP contribution is 2.23. The number of carbonyl (C=O) groups is 1. The molecule has 3 heterocycles. The largest absolute Gasteiger partial charge is 0.494 e. The fourth-order valence-electron chi connectivity index (χ4n) is 2.69. The molecule has 0 fully saturated rings. The summed E-state index contributed by atoms with van der Waals surface area (Å²) in [6, 6.07) is 15.3. The lowest BCUT2D eigenvalue weighted by Gasteiger charge is -2.05. The highest BCUT2D eigenvalue weighted by molar-refractivity contribution is 7.99. The molecular weight excluding hydrogens is 406 g/mol. The van der Waals surface area contributed by atoms with E-state index in [4.69, 9.17) is 4.74 Å². The summed E-state index contributed by atoms with van der Waals surface area (Å²) in [7, 11) is 0. The van der Waals surface area contributed by atoms with Gasteiger partial charge in [0.1, 0.15) is 10.8 Å². The molecule has 4 rings (SSSR count). The first-order valence-corrected chi connectivity index (χ1v) is 11.0. The van der Waals surface area contributed by atoms with Crippen LogP contribution in [0, 0.1) is 0 Å². The summed E-state index contributed by atoms with van der Waals surface area (Å²) in [6.45, 7) is 3.12. The van der Waals surface area contributed by atoms with Crippen LogP contribution in [0.25, 0.3) is 17.0 Å². The molecule has 0 aliphatic carbocycles. The molecule has 0 unspecified atom stereocenters. The summed E-state index contributed by atoms with van der Waals surface area (Å²) in [4.78, 5) is 13.2. The normalized spacial score (nSPS) is 10.9. The number of nitrogens with zero attached hydrogens (tertiary/aromatic N) is 4. The number of amides is 1. The first-order valence-electron chi connectivity index (χ1n) is 9.10. The molecule has 4 aromatic rings. The van der Waals surface area contributed by atoms with Crippen molar-refractivity contribution in [2.75, 3.05) is 12.4 Å². The number of hydrogen-bond donors (Lipinski definition) is 1. The Morgan fingerprint density at radius 2 is 2.03 bits per heavy atom. The van der Waals surface area contributed by atoms with Crippen molar-refractivity contribution in [1.82, 2.24) is 25.1 Å². The van der Waals surface area contributed by atoms with Crippen molar-refractivity contribution in [1.29, 1.82) is 0 Å². The molecule has 0 radical (unpaired) electrons. The van der Waals surface area contributed by atoms with E-state index in [2.05, 4.69) is 20.6 Å². The van der Waals surface area contributed by atoms with Gasteiger partial charge in [-0.3, -0.25) is 4.79 Å². The van der Waals surface area contributed by atoms with Gasteiger partial charge < -0.3 is 10.1 Å². The molecule has 0 aliphatic heterocycles. The van der Waals surface area contributed by atoms with Gasteiger partial charge in [-0.1, -0.05) is 17.8 Å². The molecule has 0 bridgehead atoms. The van der Waals surface area contributed by atoms with Gasteiger partial charge in [-0.2, -0.15) is 9.61 Å². The summed E-state index contributed by atoms with van der Waals surface area (Å²) in [5.41, 5.74) is 1.55. The van der Waals surface area contributed by atoms with Crippen LogP contribution in [0.1, 0.15) is 11.8 Å². The van der Waals surface area contributed by atoms with Crippen LogP contribution in [-0.4, -0.2) is 38.1 Å². The number of aromatic nitrogens is 4. The maximum Gasteiger partial charge on any atom is 0.230 e. The Morgan fingerprint density at radius 3 is 2.79 bits per heavy atom. The Labute approximate surface area is 176 Å². The van der Waals surface area contributed by atoms with E-state index in [1.165, 1.54) is 11.8 Å². The number of hydrogen-bond acceptors (Lipinski definition) is 7. The van der Waals surface area contributed by atoms with Gasteiger partial charge in [0, 0.05) is 10.4 Å². The second kappa shape index (κ2) is 9.06. The fraction of sp³-hybridized carbons (Fsp3) is 0.200. The maximum atomic E-state index is 12.1. The van der Waals surface area contributed by atoms with Crippen molar-refractivity contribution in [3.8, 4) is 17.1 Å². The number of thioether (sulfide) groups is 1. The van der Waals surface area contributed by atoms with Gasteiger partial charge in [0.15, 0.2) is 11.5 Å². The summed E-state index contributed by atoms with van der Waals surface area (Å²) >= 11 is 3.01. The van der Waals surface area contributed by atoms with Gasteiger partial charge in [0.05, 0.1) is 18.9 Å². The molecule has 7 nitrogen and oxygen atoms in total. The molecule has 148 valence electrons. The van der Waals surface area contributed by atoms with E-state index in [1.54, 1.807) is 15.9 Å². The molecule has 0 saturated carbocycles. The summed E-state index contributed by atoms with van der Waals surface area (Å²) < 4.78 is 7.18. The molecule has 9 heteroatoms. The molecule has 0 saturated heterocycles. The number of nitrogens with one attached hydrogen (secondary N) is 1. The predicted molar refractivity (Wildman–Crippen MR) is 114 cm³/mol. The molecule has 29 heavy (non-hydrogen) atoms. The van der Waals surface area contributed by atoms with E-state index in [1.807, 2.05) is 60.8 Å². The number of thiophene rings is 1. The van der Waals surface area contributed by atoms with Crippen LogP contribution in [-0.2, 0) is 11.3 Å². The van der Waals surface area contributed by atoms with Crippen LogP contribution in [0.15, 0.2) is 58.9 Å². The van der Waals surface area contributed by atoms with Gasteiger partial charge in [-0.25, -0.2) is 0 Å². The van der Waals surface area contributed by atoms with Crippen molar-refractivity contribution in [2.45, 2.75) is 18.5 Å². The standard InChI is InChI=1S/C20H19N5O2S2/c1-2-27-15-7-5-14(6-8-15)20-23-22-17-9-10-19(24-25(17)20)29-13-18(26)21-12-16-4-3-11-28-16/h3-11H,2,12-13H2,1H3,(H,21,26). The maximum absolute atomic E-state index is 12.1. The number of carbonyl (C=O) groups excluding carboxylic acids is 1. The van der Waals surface area contributed by atoms with Gasteiger partial charge in [0.2, 0.25) is 5.91 Å². The van der Waals surface area contributed by atoms with Gasteiger partial charge in [-0.05, 0) is 54.8 Å². The number of fused-ring (bicyclic) bond motifs is 1. The van der Waals surface area contributed by atoms with Crippen LogP contribution in [0.5, 0.6) is 5.75 Å². The van der Waals surface area contributed by atoms with Crippen LogP contribution in [0.3, 0.4) is 0 Å². The highest BCUT2D eigenvalue weighted by Gasteiger charge is 2.11. The molecule has 1 N–H and O–H groups in total. The number of rotatable bonds is 8. The van der Waals surface area contributed by atoms with Gasteiger partial charge >= 0.3 is 0 Å². The first-order chi connectivity index (χ1) is 14.2. The van der Waals surface area contributed by atoms with Gasteiger partial charge in [-0.15, -0.1) is 21.5 Å². The Hall–Kier alpha value is -2.91. The third-order valence-electron chi connectivity index (χ3n) is 4.05. The van der Waals surface area contributed by atoms with E-state index < -0.39 is 0 Å². The third-order valence-corrected chi connectivity index (χ3v) is 5.85. The van der Waals surface area contributed by atoms with Crippen molar-refractivity contribution in [3.05, 3.63) is 58.8 Å². The SMILES string of the molecule is CCOc1ccc(-c2nnc3ccc(SCC(=O)NCc4cccs4)nn23)cc1. The van der Waals surface area contributed by atoms with Crippen LogP contribution >= 0.6 is 23.1 Å². The van der Waals surface area contributed by atoms with Crippen LogP contribution in [0.4, 0.5) is 0 Å². The zero-order valence-electron chi connectivity index (χ0n) is 15.7. The summed E-state index contributed by atoms with van der Waals surface area (Å²) in [5, 5.41) is 18.7. The number of ether oxygens (including phenoxy) is 1. The Morgan fingerprint density at radius 1 is 1.17 bits per heavy atom. The molecule has 1 amide bonds. The minimum Gasteiger partial charge on any atom is -0.494 e. The Kier molecular flexibility index (Phi) is 6.06. The van der Waals surface area contributed by atoms with E-state index in [0.717, 1.165) is 21.2 Å². The lowest BCUT2D eigenvalue weighted by Crippen LogP contribution is -2.24.